The Hall–Kier alpha value is -1.68. The number of ether oxygens (including phenoxy) is 2. The summed E-state index contributed by atoms with van der Waals surface area (Å²) < 4.78 is 10.8. The highest BCUT2D eigenvalue weighted by molar-refractivity contribution is 14.0. The fourth-order valence-corrected chi connectivity index (χ4v) is 4.10. The van der Waals surface area contributed by atoms with Gasteiger partial charge in [-0.05, 0) is 48.1 Å². The lowest BCUT2D eigenvalue weighted by atomic mass is 10.1. The van der Waals surface area contributed by atoms with Crippen LogP contribution in [0.15, 0.2) is 40.7 Å². The summed E-state index contributed by atoms with van der Waals surface area (Å²) in [6.45, 7) is 3.17. The minimum atomic E-state index is 0. The number of nitrogens with zero attached hydrogens (tertiary/aromatic N) is 2. The zero-order chi connectivity index (χ0) is 17.8. The third-order valence-corrected chi connectivity index (χ3v) is 5.70. The summed E-state index contributed by atoms with van der Waals surface area (Å²) in [6, 6.07) is 10.8. The Morgan fingerprint density at radius 3 is 2.78 bits per heavy atom. The zero-order valence-electron chi connectivity index (χ0n) is 15.3. The first kappa shape index (κ1) is 20.1. The topological polar surface area (TPSA) is 58.1 Å². The van der Waals surface area contributed by atoms with Crippen molar-refractivity contribution in [3.05, 3.63) is 41.3 Å². The molecule has 27 heavy (non-hydrogen) atoms. The molecule has 2 aliphatic rings. The van der Waals surface area contributed by atoms with E-state index in [0.29, 0.717) is 19.4 Å². The van der Waals surface area contributed by atoms with Gasteiger partial charge < -0.3 is 25.0 Å². The first-order valence-electron chi connectivity index (χ1n) is 8.96. The predicted octanol–water partition coefficient (Wildman–Crippen LogP) is 3.43. The second-order valence-electron chi connectivity index (χ2n) is 6.47. The number of hydrogen-bond donors (Lipinski definition) is 2. The largest absolute Gasteiger partial charge is 0.454 e. The molecule has 0 aliphatic carbocycles. The Kier molecular flexibility index (Phi) is 7.06. The maximum Gasteiger partial charge on any atom is 0.231 e. The smallest absolute Gasteiger partial charge is 0.231 e. The molecule has 1 aromatic heterocycles. The van der Waals surface area contributed by atoms with Crippen LogP contribution in [-0.2, 0) is 6.54 Å². The zero-order valence-corrected chi connectivity index (χ0v) is 18.5. The Morgan fingerprint density at radius 1 is 1.22 bits per heavy atom. The Bertz CT molecular complexity index is 761. The van der Waals surface area contributed by atoms with E-state index in [2.05, 4.69) is 38.0 Å². The van der Waals surface area contributed by atoms with Crippen molar-refractivity contribution in [3.8, 4) is 11.5 Å². The molecular weight excluding hydrogens is 475 g/mol. The van der Waals surface area contributed by atoms with Gasteiger partial charge >= 0.3 is 0 Å². The van der Waals surface area contributed by atoms with E-state index in [9.17, 15) is 0 Å². The first-order chi connectivity index (χ1) is 12.8. The van der Waals surface area contributed by atoms with Crippen molar-refractivity contribution in [1.82, 2.24) is 10.6 Å². The van der Waals surface area contributed by atoms with E-state index in [1.54, 1.807) is 0 Å². The molecule has 1 fully saturated rings. The summed E-state index contributed by atoms with van der Waals surface area (Å²) in [4.78, 5) is 6.83. The maximum absolute atomic E-state index is 5.43. The quantitative estimate of drug-likeness (QED) is 0.383. The summed E-state index contributed by atoms with van der Waals surface area (Å²) in [5.41, 5.74) is 1.14. The fourth-order valence-electron chi connectivity index (χ4n) is 3.32. The number of hydrogen-bond acceptors (Lipinski definition) is 5. The number of thiophene rings is 1. The number of nitrogens with one attached hydrogen (secondary N) is 2. The molecule has 8 heteroatoms. The number of rotatable bonds is 4. The van der Waals surface area contributed by atoms with E-state index in [4.69, 9.17) is 9.47 Å². The van der Waals surface area contributed by atoms with Crippen LogP contribution in [0.5, 0.6) is 11.5 Å². The molecule has 0 amide bonds. The SMILES string of the molecule is CN=C(NCc1ccc2c(c1)OCO2)NC1CCN(c2cccs2)CC1.I. The maximum atomic E-state index is 5.43. The average molecular weight is 500 g/mol. The van der Waals surface area contributed by atoms with Crippen molar-refractivity contribution in [2.24, 2.45) is 4.99 Å². The number of anilines is 1. The molecule has 2 aromatic rings. The molecule has 1 aromatic carbocycles. The van der Waals surface area contributed by atoms with Crippen molar-refractivity contribution in [1.29, 1.82) is 0 Å². The standard InChI is InChI=1S/C19H24N4O2S.HI/c1-20-19(21-12-14-4-5-16-17(11-14)25-13-24-16)22-15-6-8-23(9-7-15)18-3-2-10-26-18;/h2-5,10-11,15H,6-9,12-13H2,1H3,(H2,20,21,22);1H. The second kappa shape index (κ2) is 9.50. The van der Waals surface area contributed by atoms with Gasteiger partial charge in [-0.3, -0.25) is 4.99 Å². The molecule has 0 radical (unpaired) electrons. The lowest BCUT2D eigenvalue weighted by molar-refractivity contribution is 0.174. The Labute approximate surface area is 181 Å². The van der Waals surface area contributed by atoms with E-state index < -0.39 is 0 Å². The molecule has 6 nitrogen and oxygen atoms in total. The Morgan fingerprint density at radius 2 is 2.04 bits per heavy atom. The molecule has 3 heterocycles. The normalized spacial score (nSPS) is 16.8. The van der Waals surface area contributed by atoms with E-state index in [0.717, 1.165) is 49.0 Å². The number of guanidine groups is 1. The molecule has 2 N–H and O–H groups in total. The average Bonchev–Trinajstić information content (AvgIpc) is 3.37. The van der Waals surface area contributed by atoms with Crippen LogP contribution in [0.4, 0.5) is 5.00 Å². The number of fused-ring (bicyclic) bond motifs is 1. The van der Waals surface area contributed by atoms with E-state index in [1.807, 2.05) is 36.6 Å². The molecular formula is C19H25IN4O2S. The number of benzene rings is 1. The summed E-state index contributed by atoms with van der Waals surface area (Å²) in [6.07, 6.45) is 2.23. The molecule has 4 rings (SSSR count). The predicted molar refractivity (Wildman–Crippen MR) is 121 cm³/mol. The highest BCUT2D eigenvalue weighted by Gasteiger charge is 2.20. The van der Waals surface area contributed by atoms with Crippen LogP contribution >= 0.6 is 35.3 Å². The van der Waals surface area contributed by atoms with Gasteiger partial charge in [-0.2, -0.15) is 0 Å². The van der Waals surface area contributed by atoms with Gasteiger partial charge in [-0.1, -0.05) is 6.07 Å². The summed E-state index contributed by atoms with van der Waals surface area (Å²) >= 11 is 1.81. The van der Waals surface area contributed by atoms with Crippen LogP contribution in [0, 0.1) is 0 Å². The summed E-state index contributed by atoms with van der Waals surface area (Å²) in [5.74, 6) is 2.47. The second-order valence-corrected chi connectivity index (χ2v) is 7.40. The van der Waals surface area contributed by atoms with Gasteiger partial charge in [0.25, 0.3) is 0 Å². The monoisotopic (exact) mass is 500 g/mol. The Balaban J connectivity index is 0.00000210. The summed E-state index contributed by atoms with van der Waals surface area (Å²) in [7, 11) is 1.82. The summed E-state index contributed by atoms with van der Waals surface area (Å²) in [5, 5.41) is 10.5. The number of piperidine rings is 1. The van der Waals surface area contributed by atoms with E-state index >= 15 is 0 Å². The van der Waals surface area contributed by atoms with E-state index in [-0.39, 0.29) is 24.0 Å². The van der Waals surface area contributed by atoms with Crippen LogP contribution < -0.4 is 25.0 Å². The van der Waals surface area contributed by atoms with Crippen molar-refractivity contribution in [3.63, 3.8) is 0 Å². The van der Waals surface area contributed by atoms with Gasteiger partial charge in [-0.25, -0.2) is 0 Å². The number of aliphatic imine (C=N–C) groups is 1. The van der Waals surface area contributed by atoms with Crippen LogP contribution in [-0.4, -0.2) is 38.9 Å². The third-order valence-electron chi connectivity index (χ3n) is 4.77. The molecule has 0 bridgehead atoms. The highest BCUT2D eigenvalue weighted by Crippen LogP contribution is 2.32. The molecule has 0 atom stereocenters. The van der Waals surface area contributed by atoms with Gasteiger partial charge in [-0.15, -0.1) is 35.3 Å². The van der Waals surface area contributed by atoms with Gasteiger partial charge in [0.15, 0.2) is 17.5 Å². The van der Waals surface area contributed by atoms with E-state index in [1.165, 1.54) is 5.00 Å². The van der Waals surface area contributed by atoms with Crippen molar-refractivity contribution in [2.45, 2.75) is 25.4 Å². The molecule has 2 aliphatic heterocycles. The van der Waals surface area contributed by atoms with Crippen LogP contribution in [0.1, 0.15) is 18.4 Å². The lowest BCUT2D eigenvalue weighted by Gasteiger charge is -2.33. The minimum absolute atomic E-state index is 0. The van der Waals surface area contributed by atoms with Crippen LogP contribution in [0.2, 0.25) is 0 Å². The minimum Gasteiger partial charge on any atom is -0.454 e. The van der Waals surface area contributed by atoms with Crippen molar-refractivity contribution in [2.75, 3.05) is 31.8 Å². The highest BCUT2D eigenvalue weighted by atomic mass is 127. The number of halogens is 1. The van der Waals surface area contributed by atoms with Gasteiger partial charge in [0, 0.05) is 32.7 Å². The van der Waals surface area contributed by atoms with Crippen LogP contribution in [0.25, 0.3) is 0 Å². The molecule has 0 spiro atoms. The fraction of sp³-hybridized carbons (Fsp3) is 0.421. The third kappa shape index (κ3) is 4.98. The van der Waals surface area contributed by atoms with Crippen molar-refractivity contribution >= 4 is 46.3 Å². The molecule has 0 saturated carbocycles. The van der Waals surface area contributed by atoms with Gasteiger partial charge in [0.05, 0.1) is 5.00 Å². The van der Waals surface area contributed by atoms with Crippen molar-refractivity contribution < 1.29 is 9.47 Å². The van der Waals surface area contributed by atoms with Crippen LogP contribution in [0.3, 0.4) is 0 Å². The van der Waals surface area contributed by atoms with Gasteiger partial charge in [0.2, 0.25) is 6.79 Å². The molecule has 1 saturated heterocycles. The molecule has 0 unspecified atom stereocenters. The molecule has 146 valence electrons. The van der Waals surface area contributed by atoms with Gasteiger partial charge in [0.1, 0.15) is 0 Å². The lowest BCUT2D eigenvalue weighted by Crippen LogP contribution is -2.48. The first-order valence-corrected chi connectivity index (χ1v) is 9.84.